The van der Waals surface area contributed by atoms with Crippen LogP contribution in [0.5, 0.6) is 0 Å². The van der Waals surface area contributed by atoms with E-state index in [0.29, 0.717) is 0 Å². The van der Waals surface area contributed by atoms with Crippen LogP contribution in [0, 0.1) is 0 Å². The van der Waals surface area contributed by atoms with Gasteiger partial charge in [-0.3, -0.25) is 4.79 Å². The summed E-state index contributed by atoms with van der Waals surface area (Å²) in [5.41, 5.74) is 0.966. The highest BCUT2D eigenvalue weighted by Crippen LogP contribution is 2.27. The molecule has 0 atom stereocenters. The molecule has 0 saturated carbocycles. The summed E-state index contributed by atoms with van der Waals surface area (Å²) in [7, 11) is 0. The lowest BCUT2D eigenvalue weighted by Crippen LogP contribution is -1.94. The van der Waals surface area contributed by atoms with Gasteiger partial charge in [-0.05, 0) is 34.0 Å². The third-order valence-electron chi connectivity index (χ3n) is 2.29. The third-order valence-corrected chi connectivity index (χ3v) is 3.12. The maximum Gasteiger partial charge on any atom is 0.226 e. The fourth-order valence-corrected chi connectivity index (χ4v) is 2.25. The van der Waals surface area contributed by atoms with Crippen LogP contribution in [0.2, 0.25) is 0 Å². The Morgan fingerprint density at radius 1 is 1.13 bits per heavy atom. The van der Waals surface area contributed by atoms with Gasteiger partial charge < -0.3 is 0 Å². The van der Waals surface area contributed by atoms with Crippen molar-refractivity contribution in [1.29, 1.82) is 0 Å². The summed E-state index contributed by atoms with van der Waals surface area (Å²) in [6, 6.07) is 11.8. The Bertz CT molecular complexity index is 522. The molecule has 0 aliphatic carbocycles. The summed E-state index contributed by atoms with van der Waals surface area (Å²) in [6.45, 7) is 0. The number of carbonyl (C=O) groups is 1. The largest absolute Gasteiger partial charge is 0.281 e. The van der Waals surface area contributed by atoms with Gasteiger partial charge in [-0.1, -0.05) is 46.3 Å². The molecule has 0 aliphatic rings. The summed E-state index contributed by atoms with van der Waals surface area (Å²) >= 11 is 8.88. The van der Waals surface area contributed by atoms with E-state index in [-0.39, 0.29) is 11.7 Å². The molecule has 1 nitrogen and oxygen atoms in total. The van der Waals surface area contributed by atoms with Crippen LogP contribution in [0.1, 0.15) is 5.56 Å². The lowest BCUT2D eigenvalue weighted by Gasteiger charge is -2.05. The van der Waals surface area contributed by atoms with Crippen molar-refractivity contribution in [3.05, 3.63) is 46.4 Å². The molecule has 0 unspecified atom stereocenters. The van der Waals surface area contributed by atoms with Gasteiger partial charge >= 0.3 is 0 Å². The molecule has 0 saturated heterocycles. The van der Waals surface area contributed by atoms with E-state index in [1.807, 2.05) is 36.4 Å². The molecule has 76 valence electrons. The predicted molar refractivity (Wildman–Crippen MR) is 66.2 cm³/mol. The van der Waals surface area contributed by atoms with Crippen LogP contribution in [0.25, 0.3) is 10.8 Å². The fourth-order valence-electron chi connectivity index (χ4n) is 1.63. The van der Waals surface area contributed by atoms with E-state index < -0.39 is 0 Å². The average molecular weight is 284 g/mol. The van der Waals surface area contributed by atoms with Gasteiger partial charge in [-0.25, -0.2) is 0 Å². The third kappa shape index (κ3) is 2.21. The van der Waals surface area contributed by atoms with Crippen molar-refractivity contribution in [3.63, 3.8) is 0 Å². The summed E-state index contributed by atoms with van der Waals surface area (Å²) in [6.07, 6.45) is 0.273. The Balaban J connectivity index is 2.66. The zero-order valence-electron chi connectivity index (χ0n) is 7.84. The second kappa shape index (κ2) is 4.33. The molecule has 2 rings (SSSR count). The van der Waals surface area contributed by atoms with Crippen LogP contribution in [-0.2, 0) is 11.2 Å². The maximum atomic E-state index is 10.9. The van der Waals surface area contributed by atoms with Crippen LogP contribution >= 0.6 is 27.5 Å². The number of rotatable bonds is 2. The van der Waals surface area contributed by atoms with E-state index in [1.54, 1.807) is 0 Å². The monoisotopic (exact) mass is 282 g/mol. The molecule has 0 spiro atoms. The number of fused-ring (bicyclic) bond motifs is 1. The highest BCUT2D eigenvalue weighted by atomic mass is 79.9. The summed E-state index contributed by atoms with van der Waals surface area (Å²) in [5, 5.41) is 1.84. The molecule has 0 bridgehead atoms. The van der Waals surface area contributed by atoms with Crippen molar-refractivity contribution in [2.24, 2.45) is 0 Å². The highest BCUT2D eigenvalue weighted by Gasteiger charge is 2.06. The molecule has 0 heterocycles. The lowest BCUT2D eigenvalue weighted by molar-refractivity contribution is -0.111. The Kier molecular flexibility index (Phi) is 3.08. The van der Waals surface area contributed by atoms with Crippen LogP contribution in [0.4, 0.5) is 0 Å². The van der Waals surface area contributed by atoms with Gasteiger partial charge in [-0.2, -0.15) is 0 Å². The van der Waals surface area contributed by atoms with Crippen LogP contribution in [0.3, 0.4) is 0 Å². The van der Waals surface area contributed by atoms with Gasteiger partial charge in [0.25, 0.3) is 0 Å². The molecule has 0 N–H and O–H groups in total. The first-order valence-corrected chi connectivity index (χ1v) is 5.70. The van der Waals surface area contributed by atoms with E-state index in [1.165, 1.54) is 0 Å². The molecule has 3 heteroatoms. The molecule has 0 amide bonds. The Labute approximate surface area is 101 Å². The smallest absolute Gasteiger partial charge is 0.226 e. The molecule has 0 aliphatic heterocycles. The SMILES string of the molecule is O=C(Cl)Cc1ccc(Br)c2ccccc12. The van der Waals surface area contributed by atoms with Gasteiger partial charge in [0.05, 0.1) is 0 Å². The topological polar surface area (TPSA) is 17.1 Å². The van der Waals surface area contributed by atoms with Crippen LogP contribution in [-0.4, -0.2) is 5.24 Å². The van der Waals surface area contributed by atoms with Crippen molar-refractivity contribution in [2.45, 2.75) is 6.42 Å². The Morgan fingerprint density at radius 2 is 1.80 bits per heavy atom. The molecule has 2 aromatic carbocycles. The first-order valence-electron chi connectivity index (χ1n) is 4.53. The molecular formula is C12H8BrClO. The van der Waals surface area contributed by atoms with Gasteiger partial charge in [0.1, 0.15) is 0 Å². The first kappa shape index (κ1) is 10.7. The summed E-state index contributed by atoms with van der Waals surface area (Å²) in [4.78, 5) is 10.9. The van der Waals surface area contributed by atoms with Crippen LogP contribution in [0.15, 0.2) is 40.9 Å². The van der Waals surface area contributed by atoms with E-state index in [2.05, 4.69) is 15.9 Å². The zero-order chi connectivity index (χ0) is 10.8. The maximum absolute atomic E-state index is 10.9. The van der Waals surface area contributed by atoms with Gasteiger partial charge in [-0.15, -0.1) is 0 Å². The van der Waals surface area contributed by atoms with Crippen molar-refractivity contribution in [2.75, 3.05) is 0 Å². The van der Waals surface area contributed by atoms with E-state index in [0.717, 1.165) is 20.8 Å². The fraction of sp³-hybridized carbons (Fsp3) is 0.0833. The number of hydrogen-bond acceptors (Lipinski definition) is 1. The Hall–Kier alpha value is -0.860. The van der Waals surface area contributed by atoms with Crippen molar-refractivity contribution in [3.8, 4) is 0 Å². The van der Waals surface area contributed by atoms with Gasteiger partial charge in [0.2, 0.25) is 5.24 Å². The second-order valence-electron chi connectivity index (χ2n) is 3.28. The summed E-state index contributed by atoms with van der Waals surface area (Å²) in [5.74, 6) is 0. The molecule has 0 aromatic heterocycles. The van der Waals surface area contributed by atoms with Gasteiger partial charge in [0.15, 0.2) is 0 Å². The Morgan fingerprint density at radius 3 is 2.47 bits per heavy atom. The van der Waals surface area contributed by atoms with Gasteiger partial charge in [0, 0.05) is 10.9 Å². The number of benzene rings is 2. The second-order valence-corrected chi connectivity index (χ2v) is 4.56. The molecule has 15 heavy (non-hydrogen) atoms. The minimum Gasteiger partial charge on any atom is -0.281 e. The van der Waals surface area contributed by atoms with Crippen LogP contribution < -0.4 is 0 Å². The number of hydrogen-bond donors (Lipinski definition) is 0. The normalized spacial score (nSPS) is 10.5. The predicted octanol–water partition coefficient (Wildman–Crippen LogP) is 3.91. The highest BCUT2D eigenvalue weighted by molar-refractivity contribution is 9.10. The minimum absolute atomic E-state index is 0.273. The molecule has 0 fully saturated rings. The number of carbonyl (C=O) groups excluding carboxylic acids is 1. The van der Waals surface area contributed by atoms with Crippen molar-refractivity contribution in [1.82, 2.24) is 0 Å². The molecule has 2 aromatic rings. The standard InChI is InChI=1S/C12H8BrClO/c13-11-6-5-8(7-12(14)15)9-3-1-2-4-10(9)11/h1-6H,7H2. The lowest BCUT2D eigenvalue weighted by atomic mass is 10.0. The van der Waals surface area contributed by atoms with E-state index in [4.69, 9.17) is 11.6 Å². The quantitative estimate of drug-likeness (QED) is 0.764. The molecular weight excluding hydrogens is 275 g/mol. The average Bonchev–Trinajstić information content (AvgIpc) is 2.22. The molecule has 0 radical (unpaired) electrons. The zero-order valence-corrected chi connectivity index (χ0v) is 10.2. The van der Waals surface area contributed by atoms with E-state index >= 15 is 0 Å². The summed E-state index contributed by atoms with van der Waals surface area (Å²) < 4.78 is 1.03. The number of halogens is 2. The van der Waals surface area contributed by atoms with Crippen molar-refractivity contribution < 1.29 is 4.79 Å². The first-order chi connectivity index (χ1) is 7.18. The van der Waals surface area contributed by atoms with Crippen molar-refractivity contribution >= 4 is 43.5 Å². The minimum atomic E-state index is -0.331. The van der Waals surface area contributed by atoms with E-state index in [9.17, 15) is 4.79 Å².